The predicted octanol–water partition coefficient (Wildman–Crippen LogP) is 2.44. The first-order valence-corrected chi connectivity index (χ1v) is 7.46. The Balaban J connectivity index is 2.33. The molecule has 0 amide bonds. The Labute approximate surface area is 117 Å². The summed E-state index contributed by atoms with van der Waals surface area (Å²) in [5, 5.41) is -0.313. The van der Waals surface area contributed by atoms with Crippen LogP contribution in [-0.2, 0) is 16.6 Å². The van der Waals surface area contributed by atoms with Gasteiger partial charge in [0.15, 0.2) is 0 Å². The fraction of sp³-hybridized carbons (Fsp3) is 0.0909. The molecule has 0 fully saturated rings. The zero-order valence-electron chi connectivity index (χ0n) is 9.56. The number of anilines is 1. The number of hydrogen-bond acceptors (Lipinski definition) is 4. The van der Waals surface area contributed by atoms with Crippen molar-refractivity contribution >= 4 is 31.6 Å². The first kappa shape index (κ1) is 14.0. The van der Waals surface area contributed by atoms with Crippen molar-refractivity contribution < 1.29 is 17.2 Å². The van der Waals surface area contributed by atoms with Crippen molar-refractivity contribution in [2.24, 2.45) is 5.73 Å². The topological polar surface area (TPSA) is 85.3 Å². The van der Waals surface area contributed by atoms with E-state index in [9.17, 15) is 12.8 Å². The highest BCUT2D eigenvalue weighted by Crippen LogP contribution is 2.23. The van der Waals surface area contributed by atoms with E-state index in [0.717, 1.165) is 6.07 Å². The Morgan fingerprint density at radius 3 is 2.68 bits per heavy atom. The van der Waals surface area contributed by atoms with Crippen molar-refractivity contribution in [1.29, 1.82) is 0 Å². The molecule has 0 aliphatic rings. The molecule has 2 aromatic rings. The third-order valence-corrected chi connectivity index (χ3v) is 4.01. The highest BCUT2D eigenvalue weighted by Gasteiger charge is 2.20. The first-order chi connectivity index (χ1) is 8.92. The summed E-state index contributed by atoms with van der Waals surface area (Å²) in [5.74, 6) is -0.354. The Hall–Kier alpha value is -1.38. The lowest BCUT2D eigenvalue weighted by molar-refractivity contribution is 0.417. The molecule has 0 bridgehead atoms. The molecule has 102 valence electrons. The number of nitrogens with one attached hydrogen (secondary N) is 1. The van der Waals surface area contributed by atoms with Crippen LogP contribution >= 0.6 is 15.9 Å². The second-order valence-corrected chi connectivity index (χ2v) is 6.18. The van der Waals surface area contributed by atoms with Crippen molar-refractivity contribution in [1.82, 2.24) is 0 Å². The average Bonchev–Trinajstić information content (AvgIpc) is 2.83. The Kier molecular flexibility index (Phi) is 3.93. The van der Waals surface area contributed by atoms with Gasteiger partial charge in [-0.2, -0.15) is 8.42 Å². The SMILES string of the molecule is NCc1ccc(S(=O)(=O)Nc2cc(Br)ccc2F)o1. The Morgan fingerprint density at radius 1 is 1.32 bits per heavy atom. The van der Waals surface area contributed by atoms with Crippen LogP contribution < -0.4 is 10.5 Å². The van der Waals surface area contributed by atoms with Gasteiger partial charge in [-0.15, -0.1) is 0 Å². The number of benzene rings is 1. The van der Waals surface area contributed by atoms with E-state index < -0.39 is 15.8 Å². The fourth-order valence-corrected chi connectivity index (χ4v) is 2.75. The maximum atomic E-state index is 13.5. The van der Waals surface area contributed by atoms with E-state index in [1.165, 1.54) is 24.3 Å². The molecule has 1 aromatic heterocycles. The molecule has 19 heavy (non-hydrogen) atoms. The van der Waals surface area contributed by atoms with Crippen LogP contribution in [-0.4, -0.2) is 8.42 Å². The van der Waals surface area contributed by atoms with Crippen molar-refractivity contribution in [2.45, 2.75) is 11.6 Å². The number of sulfonamides is 1. The minimum absolute atomic E-state index is 0.0841. The molecule has 1 aromatic carbocycles. The Morgan fingerprint density at radius 2 is 2.05 bits per heavy atom. The van der Waals surface area contributed by atoms with Crippen LogP contribution in [0.15, 0.2) is 44.3 Å². The summed E-state index contributed by atoms with van der Waals surface area (Å²) in [5.41, 5.74) is 5.16. The van der Waals surface area contributed by atoms with Gasteiger partial charge < -0.3 is 10.2 Å². The summed E-state index contributed by atoms with van der Waals surface area (Å²) < 4.78 is 45.1. The molecular formula is C11H10BrFN2O3S. The van der Waals surface area contributed by atoms with Crippen LogP contribution in [0.5, 0.6) is 0 Å². The molecule has 3 N–H and O–H groups in total. The third kappa shape index (κ3) is 3.14. The highest BCUT2D eigenvalue weighted by atomic mass is 79.9. The van der Waals surface area contributed by atoms with Crippen molar-refractivity contribution in [2.75, 3.05) is 4.72 Å². The molecule has 0 radical (unpaired) electrons. The van der Waals surface area contributed by atoms with E-state index in [-0.39, 0.29) is 17.3 Å². The normalized spacial score (nSPS) is 11.5. The number of furan rings is 1. The number of halogens is 2. The first-order valence-electron chi connectivity index (χ1n) is 5.19. The van der Waals surface area contributed by atoms with Gasteiger partial charge in [0.2, 0.25) is 5.09 Å². The third-order valence-electron chi connectivity index (χ3n) is 2.28. The second kappa shape index (κ2) is 5.32. The molecule has 0 aliphatic heterocycles. The fourth-order valence-electron chi connectivity index (χ4n) is 1.38. The van der Waals surface area contributed by atoms with E-state index in [1.54, 1.807) is 0 Å². The van der Waals surface area contributed by atoms with E-state index in [0.29, 0.717) is 10.2 Å². The lowest BCUT2D eigenvalue weighted by atomic mass is 10.3. The van der Waals surface area contributed by atoms with Gasteiger partial charge in [-0.05, 0) is 30.3 Å². The molecule has 0 aliphatic carbocycles. The van der Waals surface area contributed by atoms with E-state index in [4.69, 9.17) is 10.2 Å². The summed E-state index contributed by atoms with van der Waals surface area (Å²) in [6, 6.07) is 6.65. The van der Waals surface area contributed by atoms with E-state index >= 15 is 0 Å². The second-order valence-electron chi connectivity index (χ2n) is 3.65. The van der Waals surface area contributed by atoms with Crippen LogP contribution in [0.4, 0.5) is 10.1 Å². The molecule has 2 rings (SSSR count). The van der Waals surface area contributed by atoms with Gasteiger partial charge in [-0.25, -0.2) is 4.39 Å². The lowest BCUT2D eigenvalue weighted by Crippen LogP contribution is -2.13. The molecule has 0 atom stereocenters. The van der Waals surface area contributed by atoms with Crippen LogP contribution in [0.25, 0.3) is 0 Å². The summed E-state index contributed by atoms with van der Waals surface area (Å²) in [7, 11) is -3.97. The Bertz CT molecular complexity index is 700. The molecule has 0 spiro atoms. The number of nitrogens with two attached hydrogens (primary N) is 1. The average molecular weight is 349 g/mol. The van der Waals surface area contributed by atoms with Crippen LogP contribution in [0.1, 0.15) is 5.76 Å². The maximum absolute atomic E-state index is 13.5. The summed E-state index contributed by atoms with van der Waals surface area (Å²) in [4.78, 5) is 0. The van der Waals surface area contributed by atoms with Gasteiger partial charge in [0.25, 0.3) is 10.0 Å². The highest BCUT2D eigenvalue weighted by molar-refractivity contribution is 9.10. The van der Waals surface area contributed by atoms with Gasteiger partial charge in [-0.3, -0.25) is 4.72 Å². The monoisotopic (exact) mass is 348 g/mol. The van der Waals surface area contributed by atoms with Gasteiger partial charge in [0.1, 0.15) is 11.6 Å². The van der Waals surface area contributed by atoms with Crippen molar-refractivity contribution in [3.63, 3.8) is 0 Å². The summed E-state index contributed by atoms with van der Waals surface area (Å²) in [6.45, 7) is 0.0841. The summed E-state index contributed by atoms with van der Waals surface area (Å²) in [6.07, 6.45) is 0. The molecule has 8 heteroatoms. The minimum atomic E-state index is -3.97. The van der Waals surface area contributed by atoms with Crippen molar-refractivity contribution in [3.05, 3.63) is 46.4 Å². The lowest BCUT2D eigenvalue weighted by Gasteiger charge is -2.07. The van der Waals surface area contributed by atoms with E-state index in [2.05, 4.69) is 20.7 Å². The smallest absolute Gasteiger partial charge is 0.295 e. The minimum Gasteiger partial charge on any atom is -0.446 e. The molecule has 5 nitrogen and oxygen atoms in total. The zero-order chi connectivity index (χ0) is 14.0. The van der Waals surface area contributed by atoms with Crippen molar-refractivity contribution in [3.8, 4) is 0 Å². The van der Waals surface area contributed by atoms with Crippen LogP contribution in [0, 0.1) is 5.82 Å². The summed E-state index contributed by atoms with van der Waals surface area (Å²) >= 11 is 3.13. The van der Waals surface area contributed by atoms with Gasteiger partial charge in [0.05, 0.1) is 12.2 Å². The largest absolute Gasteiger partial charge is 0.446 e. The van der Waals surface area contributed by atoms with Gasteiger partial charge in [0, 0.05) is 4.47 Å². The maximum Gasteiger partial charge on any atom is 0.295 e. The number of rotatable bonds is 4. The molecule has 0 saturated heterocycles. The van der Waals surface area contributed by atoms with Gasteiger partial charge >= 0.3 is 0 Å². The van der Waals surface area contributed by atoms with Crippen LogP contribution in [0.2, 0.25) is 0 Å². The van der Waals surface area contributed by atoms with Crippen LogP contribution in [0.3, 0.4) is 0 Å². The van der Waals surface area contributed by atoms with E-state index in [1.807, 2.05) is 0 Å². The molecule has 0 unspecified atom stereocenters. The molecule has 0 saturated carbocycles. The molecular weight excluding hydrogens is 339 g/mol. The van der Waals surface area contributed by atoms with Gasteiger partial charge in [-0.1, -0.05) is 15.9 Å². The standard InChI is InChI=1S/C11H10BrFN2O3S/c12-7-1-3-9(13)10(5-7)15-19(16,17)11-4-2-8(6-14)18-11/h1-5,15H,6,14H2. The zero-order valence-corrected chi connectivity index (χ0v) is 12.0. The number of hydrogen-bond donors (Lipinski definition) is 2. The predicted molar refractivity (Wildman–Crippen MR) is 71.5 cm³/mol. The quantitative estimate of drug-likeness (QED) is 0.888. The molecule has 1 heterocycles.